The van der Waals surface area contributed by atoms with Crippen LogP contribution in [0.3, 0.4) is 0 Å². The van der Waals surface area contributed by atoms with Crippen LogP contribution in [0.5, 0.6) is 0 Å². The lowest BCUT2D eigenvalue weighted by Crippen LogP contribution is -2.05. The lowest BCUT2D eigenvalue weighted by Gasteiger charge is -2.23. The van der Waals surface area contributed by atoms with Gasteiger partial charge in [-0.2, -0.15) is 0 Å². The summed E-state index contributed by atoms with van der Waals surface area (Å²) in [6.07, 6.45) is 8.48. The predicted octanol–water partition coefficient (Wildman–Crippen LogP) is 4.43. The number of benzene rings is 1. The zero-order valence-corrected chi connectivity index (χ0v) is 10.7. The van der Waals surface area contributed by atoms with Crippen molar-refractivity contribution in [1.29, 1.82) is 0 Å². The van der Waals surface area contributed by atoms with E-state index in [9.17, 15) is 4.79 Å². The minimum Gasteiger partial charge on any atom is -0.303 e. The van der Waals surface area contributed by atoms with Crippen molar-refractivity contribution in [1.82, 2.24) is 0 Å². The first-order valence-electron chi connectivity index (χ1n) is 6.84. The Hall–Kier alpha value is -1.11. The van der Waals surface area contributed by atoms with Gasteiger partial charge in [0.1, 0.15) is 6.29 Å². The number of hydrogen-bond acceptors (Lipinski definition) is 1. The van der Waals surface area contributed by atoms with E-state index in [-0.39, 0.29) is 0 Å². The molecule has 1 aromatic rings. The van der Waals surface area contributed by atoms with E-state index in [1.807, 2.05) is 0 Å². The Bertz CT molecular complexity index is 364. The Morgan fingerprint density at radius 2 is 2.06 bits per heavy atom. The molecule has 1 fully saturated rings. The molecule has 1 heteroatoms. The van der Waals surface area contributed by atoms with Gasteiger partial charge in [0.25, 0.3) is 0 Å². The normalized spacial score (nSPS) is 18.9. The summed E-state index contributed by atoms with van der Waals surface area (Å²) in [5.41, 5.74) is 2.81. The lowest BCUT2D eigenvalue weighted by atomic mass is 9.82. The van der Waals surface area contributed by atoms with E-state index in [0.717, 1.165) is 12.2 Å². The average Bonchev–Trinajstić information content (AvgIpc) is 2.40. The van der Waals surface area contributed by atoms with Gasteiger partial charge in [-0.1, -0.05) is 50.5 Å². The summed E-state index contributed by atoms with van der Waals surface area (Å²) in [6.45, 7) is 2.13. The number of aldehydes is 1. The minimum atomic E-state index is 0.357. The number of hydrogen-bond donors (Lipinski definition) is 0. The number of rotatable bonds is 4. The Labute approximate surface area is 104 Å². The fourth-order valence-corrected chi connectivity index (χ4v) is 2.84. The third-order valence-electron chi connectivity index (χ3n) is 4.01. The van der Waals surface area contributed by atoms with Crippen LogP contribution in [0, 0.1) is 0 Å². The fraction of sp³-hybridized carbons (Fsp3) is 0.562. The van der Waals surface area contributed by atoms with E-state index in [0.29, 0.717) is 12.3 Å². The van der Waals surface area contributed by atoms with Crippen LogP contribution in [0.2, 0.25) is 0 Å². The number of carbonyl (C=O) groups excluding carboxylic acids is 1. The molecule has 0 radical (unpaired) electrons. The molecule has 1 nitrogen and oxygen atoms in total. The van der Waals surface area contributed by atoms with Gasteiger partial charge in [0.15, 0.2) is 0 Å². The molecule has 17 heavy (non-hydrogen) atoms. The summed E-state index contributed by atoms with van der Waals surface area (Å²) in [6, 6.07) is 8.89. The van der Waals surface area contributed by atoms with Crippen LogP contribution in [0.15, 0.2) is 24.3 Å². The molecule has 2 rings (SSSR count). The number of carbonyl (C=O) groups is 1. The Morgan fingerprint density at radius 3 is 2.76 bits per heavy atom. The third-order valence-corrected chi connectivity index (χ3v) is 4.01. The maximum absolute atomic E-state index is 10.6. The molecular formula is C16H22O. The summed E-state index contributed by atoms with van der Waals surface area (Å²) in [5.74, 6) is 1.11. The van der Waals surface area contributed by atoms with Crippen LogP contribution in [0.4, 0.5) is 0 Å². The van der Waals surface area contributed by atoms with Crippen LogP contribution in [0.1, 0.15) is 68.4 Å². The summed E-state index contributed by atoms with van der Waals surface area (Å²) >= 11 is 0. The predicted molar refractivity (Wildman–Crippen MR) is 71.4 cm³/mol. The van der Waals surface area contributed by atoms with Gasteiger partial charge < -0.3 is 4.79 Å². The first-order chi connectivity index (χ1) is 8.31. The third kappa shape index (κ3) is 3.18. The Kier molecular flexibility index (Phi) is 4.36. The van der Waals surface area contributed by atoms with Crippen LogP contribution in [-0.4, -0.2) is 6.29 Å². The second kappa shape index (κ2) is 6.00. The topological polar surface area (TPSA) is 17.1 Å². The molecule has 0 aromatic heterocycles. The highest BCUT2D eigenvalue weighted by atomic mass is 16.1. The molecule has 0 amide bonds. The maximum Gasteiger partial charge on any atom is 0.120 e. The summed E-state index contributed by atoms with van der Waals surface area (Å²) < 4.78 is 0. The van der Waals surface area contributed by atoms with Gasteiger partial charge in [-0.25, -0.2) is 0 Å². The van der Waals surface area contributed by atoms with Gasteiger partial charge in [0.05, 0.1) is 0 Å². The van der Waals surface area contributed by atoms with Crippen LogP contribution in [0.25, 0.3) is 0 Å². The second-order valence-electron chi connectivity index (χ2n) is 5.31. The Balaban J connectivity index is 2.12. The van der Waals surface area contributed by atoms with Gasteiger partial charge >= 0.3 is 0 Å². The maximum atomic E-state index is 10.6. The largest absolute Gasteiger partial charge is 0.303 e. The lowest BCUT2D eigenvalue weighted by molar-refractivity contribution is -0.108. The Morgan fingerprint density at radius 1 is 1.29 bits per heavy atom. The first kappa shape index (κ1) is 12.3. The summed E-state index contributed by atoms with van der Waals surface area (Å²) in [4.78, 5) is 10.6. The van der Waals surface area contributed by atoms with E-state index in [2.05, 4.69) is 31.2 Å². The van der Waals surface area contributed by atoms with E-state index >= 15 is 0 Å². The van der Waals surface area contributed by atoms with E-state index in [1.165, 1.54) is 43.2 Å². The van der Waals surface area contributed by atoms with Gasteiger partial charge in [-0.05, 0) is 35.8 Å². The van der Waals surface area contributed by atoms with Gasteiger partial charge in [0.2, 0.25) is 0 Å². The van der Waals surface area contributed by atoms with Crippen molar-refractivity contribution in [2.45, 2.75) is 57.3 Å². The first-order valence-corrected chi connectivity index (χ1v) is 6.84. The van der Waals surface area contributed by atoms with Crippen LogP contribution >= 0.6 is 0 Å². The van der Waals surface area contributed by atoms with Crippen molar-refractivity contribution in [3.05, 3.63) is 35.4 Å². The van der Waals surface area contributed by atoms with Gasteiger partial charge in [-0.3, -0.25) is 0 Å². The molecule has 0 heterocycles. The fourth-order valence-electron chi connectivity index (χ4n) is 2.84. The smallest absolute Gasteiger partial charge is 0.120 e. The molecule has 1 unspecified atom stereocenters. The highest BCUT2D eigenvalue weighted by Crippen LogP contribution is 2.33. The SMILES string of the molecule is CC(CC=O)c1cccc(C2CCCCC2)c1. The molecule has 0 N–H and O–H groups in total. The quantitative estimate of drug-likeness (QED) is 0.699. The van der Waals surface area contributed by atoms with Crippen LogP contribution in [-0.2, 0) is 4.79 Å². The highest BCUT2D eigenvalue weighted by Gasteiger charge is 2.16. The average molecular weight is 230 g/mol. The minimum absolute atomic E-state index is 0.357. The van der Waals surface area contributed by atoms with Crippen molar-refractivity contribution >= 4 is 6.29 Å². The zero-order valence-electron chi connectivity index (χ0n) is 10.7. The molecule has 0 bridgehead atoms. The van der Waals surface area contributed by atoms with Crippen molar-refractivity contribution in [2.24, 2.45) is 0 Å². The van der Waals surface area contributed by atoms with Crippen molar-refractivity contribution < 1.29 is 4.79 Å². The molecule has 1 aromatic carbocycles. The van der Waals surface area contributed by atoms with Crippen molar-refractivity contribution in [2.75, 3.05) is 0 Å². The van der Waals surface area contributed by atoms with Crippen LogP contribution < -0.4 is 0 Å². The van der Waals surface area contributed by atoms with E-state index < -0.39 is 0 Å². The van der Waals surface area contributed by atoms with Crippen molar-refractivity contribution in [3.8, 4) is 0 Å². The highest BCUT2D eigenvalue weighted by molar-refractivity contribution is 5.51. The standard InChI is InChI=1S/C16H22O/c1-13(10-11-17)15-8-5-9-16(12-15)14-6-3-2-4-7-14/h5,8-9,11-14H,2-4,6-7,10H2,1H3. The summed E-state index contributed by atoms with van der Waals surface area (Å²) in [7, 11) is 0. The monoisotopic (exact) mass is 230 g/mol. The molecule has 0 aliphatic heterocycles. The van der Waals surface area contributed by atoms with Gasteiger partial charge in [0, 0.05) is 6.42 Å². The molecule has 1 atom stereocenters. The second-order valence-corrected chi connectivity index (χ2v) is 5.31. The van der Waals surface area contributed by atoms with E-state index in [4.69, 9.17) is 0 Å². The van der Waals surface area contributed by atoms with E-state index in [1.54, 1.807) is 0 Å². The molecule has 1 aliphatic rings. The van der Waals surface area contributed by atoms with Gasteiger partial charge in [-0.15, -0.1) is 0 Å². The zero-order chi connectivity index (χ0) is 12.1. The molecular weight excluding hydrogens is 208 g/mol. The molecule has 1 saturated carbocycles. The molecule has 1 aliphatic carbocycles. The van der Waals surface area contributed by atoms with Crippen molar-refractivity contribution in [3.63, 3.8) is 0 Å². The summed E-state index contributed by atoms with van der Waals surface area (Å²) in [5, 5.41) is 0. The molecule has 0 saturated heterocycles. The molecule has 92 valence electrons. The molecule has 0 spiro atoms.